The second kappa shape index (κ2) is 11.5. The van der Waals surface area contributed by atoms with E-state index in [1.54, 1.807) is 0 Å². The van der Waals surface area contributed by atoms with E-state index in [9.17, 15) is 5.11 Å². The van der Waals surface area contributed by atoms with Gasteiger partial charge in [0.05, 0.1) is 5.85 Å². The third kappa shape index (κ3) is 10.5. The van der Waals surface area contributed by atoms with Crippen LogP contribution >= 0.6 is 8.58 Å². The predicted molar refractivity (Wildman–Crippen MR) is 67.5 cm³/mol. The van der Waals surface area contributed by atoms with Gasteiger partial charge in [0, 0.05) is 0 Å². The van der Waals surface area contributed by atoms with Crippen LogP contribution in [0.4, 0.5) is 0 Å². The molecule has 1 nitrogen and oxygen atoms in total. The topological polar surface area (TPSA) is 20.2 Å². The molecule has 0 aliphatic heterocycles. The van der Waals surface area contributed by atoms with Crippen LogP contribution in [-0.2, 0) is 0 Å². The van der Waals surface area contributed by atoms with Gasteiger partial charge < -0.3 is 5.11 Å². The highest BCUT2D eigenvalue weighted by molar-refractivity contribution is 7.38. The Morgan fingerprint density at radius 1 is 0.929 bits per heavy atom. The molecular formula is C12H27OP. The van der Waals surface area contributed by atoms with E-state index in [4.69, 9.17) is 0 Å². The largest absolute Gasteiger partial charge is 0.389 e. The van der Waals surface area contributed by atoms with Gasteiger partial charge in [-0.1, -0.05) is 61.0 Å². The minimum Gasteiger partial charge on any atom is -0.389 e. The second-order valence-electron chi connectivity index (χ2n) is 4.03. The molecule has 0 bridgehead atoms. The van der Waals surface area contributed by atoms with Crippen LogP contribution in [0, 0.1) is 0 Å². The zero-order valence-corrected chi connectivity index (χ0v) is 10.9. The van der Waals surface area contributed by atoms with Crippen molar-refractivity contribution in [1.29, 1.82) is 0 Å². The van der Waals surface area contributed by atoms with Crippen molar-refractivity contribution in [1.82, 2.24) is 0 Å². The molecule has 0 spiro atoms. The Morgan fingerprint density at radius 2 is 1.57 bits per heavy atom. The standard InChI is InChI=1S/C12H27OP/c1-3-5-7-9-11-14-12(13)10-8-6-4-2/h12-14H,3-11H2,1-2H3. The van der Waals surface area contributed by atoms with Crippen LogP contribution in [-0.4, -0.2) is 17.1 Å². The van der Waals surface area contributed by atoms with E-state index in [1.165, 1.54) is 51.1 Å². The molecule has 0 fully saturated rings. The molecule has 0 amide bonds. The summed E-state index contributed by atoms with van der Waals surface area (Å²) in [6.45, 7) is 4.45. The highest BCUT2D eigenvalue weighted by Gasteiger charge is 2.02. The maximum absolute atomic E-state index is 9.64. The average Bonchev–Trinajstić information content (AvgIpc) is 2.18. The summed E-state index contributed by atoms with van der Waals surface area (Å²) in [7, 11) is 0.784. The Kier molecular flexibility index (Phi) is 11.8. The molecule has 0 aromatic carbocycles. The highest BCUT2D eigenvalue weighted by Crippen LogP contribution is 2.23. The molecule has 0 saturated heterocycles. The van der Waals surface area contributed by atoms with Crippen molar-refractivity contribution < 1.29 is 5.11 Å². The highest BCUT2D eigenvalue weighted by atomic mass is 31.1. The third-order valence-corrected chi connectivity index (χ3v) is 3.89. The van der Waals surface area contributed by atoms with Gasteiger partial charge in [0.25, 0.3) is 0 Å². The molecule has 0 rings (SSSR count). The van der Waals surface area contributed by atoms with E-state index in [0.29, 0.717) is 0 Å². The van der Waals surface area contributed by atoms with Crippen LogP contribution in [0.25, 0.3) is 0 Å². The van der Waals surface area contributed by atoms with E-state index < -0.39 is 0 Å². The second-order valence-corrected chi connectivity index (χ2v) is 5.60. The molecular weight excluding hydrogens is 191 g/mol. The molecule has 14 heavy (non-hydrogen) atoms. The number of rotatable bonds is 10. The summed E-state index contributed by atoms with van der Waals surface area (Å²) in [4.78, 5) is 0. The summed E-state index contributed by atoms with van der Waals surface area (Å²) in [5, 5.41) is 9.64. The average molecular weight is 218 g/mol. The van der Waals surface area contributed by atoms with Crippen molar-refractivity contribution in [2.24, 2.45) is 0 Å². The van der Waals surface area contributed by atoms with E-state index in [-0.39, 0.29) is 5.85 Å². The molecule has 2 unspecified atom stereocenters. The van der Waals surface area contributed by atoms with Crippen molar-refractivity contribution in [3.05, 3.63) is 0 Å². The van der Waals surface area contributed by atoms with Gasteiger partial charge in [-0.05, 0) is 19.0 Å². The van der Waals surface area contributed by atoms with Crippen molar-refractivity contribution in [3.63, 3.8) is 0 Å². The van der Waals surface area contributed by atoms with E-state index in [0.717, 1.165) is 15.0 Å². The fraction of sp³-hybridized carbons (Fsp3) is 1.00. The van der Waals surface area contributed by atoms with Crippen LogP contribution < -0.4 is 0 Å². The molecule has 0 aromatic heterocycles. The Bertz CT molecular complexity index is 106. The number of hydrogen-bond donors (Lipinski definition) is 1. The van der Waals surface area contributed by atoms with Crippen LogP contribution in [0.5, 0.6) is 0 Å². The molecule has 0 aromatic rings. The van der Waals surface area contributed by atoms with Crippen molar-refractivity contribution in [2.75, 3.05) is 6.16 Å². The first kappa shape index (κ1) is 14.4. The molecule has 0 radical (unpaired) electrons. The van der Waals surface area contributed by atoms with Gasteiger partial charge in [-0.25, -0.2) is 0 Å². The molecule has 86 valence electrons. The minimum absolute atomic E-state index is 0.00294. The number of unbranched alkanes of at least 4 members (excludes halogenated alkanes) is 5. The maximum atomic E-state index is 9.64. The summed E-state index contributed by atoms with van der Waals surface area (Å²) < 4.78 is 0. The summed E-state index contributed by atoms with van der Waals surface area (Å²) in [5.74, 6) is 0.00294. The molecule has 1 N–H and O–H groups in total. The van der Waals surface area contributed by atoms with Crippen molar-refractivity contribution in [3.8, 4) is 0 Å². The molecule has 2 atom stereocenters. The monoisotopic (exact) mass is 218 g/mol. The molecule has 0 saturated carbocycles. The first-order valence-corrected chi connectivity index (χ1v) is 7.51. The summed E-state index contributed by atoms with van der Waals surface area (Å²) in [6.07, 6.45) is 11.3. The Labute approximate surface area is 91.5 Å². The fourth-order valence-electron chi connectivity index (χ4n) is 1.51. The lowest BCUT2D eigenvalue weighted by Gasteiger charge is -2.09. The predicted octanol–water partition coefficient (Wildman–Crippen LogP) is 4.14. The molecule has 0 aliphatic carbocycles. The SMILES string of the molecule is CCCCCCPC(O)CCCCC. The van der Waals surface area contributed by atoms with Gasteiger partial charge in [-0.2, -0.15) is 0 Å². The number of aliphatic hydroxyl groups excluding tert-OH is 1. The van der Waals surface area contributed by atoms with Gasteiger partial charge in [-0.15, -0.1) is 0 Å². The van der Waals surface area contributed by atoms with Gasteiger partial charge in [0.15, 0.2) is 0 Å². The van der Waals surface area contributed by atoms with Crippen molar-refractivity contribution in [2.45, 2.75) is 71.1 Å². The smallest absolute Gasteiger partial charge is 0.0702 e. The van der Waals surface area contributed by atoms with Crippen LogP contribution in [0.1, 0.15) is 65.2 Å². The third-order valence-electron chi connectivity index (χ3n) is 2.49. The quantitative estimate of drug-likeness (QED) is 0.431. The Balaban J connectivity index is 3.06. The maximum Gasteiger partial charge on any atom is 0.0702 e. The summed E-state index contributed by atoms with van der Waals surface area (Å²) >= 11 is 0. The first-order valence-electron chi connectivity index (χ1n) is 6.22. The van der Waals surface area contributed by atoms with Gasteiger partial charge in [-0.3, -0.25) is 0 Å². The molecule has 2 heteroatoms. The van der Waals surface area contributed by atoms with E-state index in [1.807, 2.05) is 0 Å². The van der Waals surface area contributed by atoms with Crippen LogP contribution in [0.2, 0.25) is 0 Å². The lowest BCUT2D eigenvalue weighted by Crippen LogP contribution is -1.99. The van der Waals surface area contributed by atoms with Gasteiger partial charge >= 0.3 is 0 Å². The lowest BCUT2D eigenvalue weighted by molar-refractivity contribution is 0.244. The van der Waals surface area contributed by atoms with Gasteiger partial charge in [0.2, 0.25) is 0 Å². The number of hydrogen-bond acceptors (Lipinski definition) is 1. The Morgan fingerprint density at radius 3 is 2.21 bits per heavy atom. The first-order chi connectivity index (χ1) is 6.81. The fourth-order valence-corrected chi connectivity index (χ4v) is 2.71. The van der Waals surface area contributed by atoms with Crippen molar-refractivity contribution >= 4 is 8.58 Å². The van der Waals surface area contributed by atoms with Gasteiger partial charge in [0.1, 0.15) is 0 Å². The van der Waals surface area contributed by atoms with Crippen LogP contribution in [0.3, 0.4) is 0 Å². The normalized spacial score (nSPS) is 13.9. The molecule has 0 heterocycles. The molecule has 0 aliphatic rings. The zero-order chi connectivity index (χ0) is 10.6. The number of aliphatic hydroxyl groups is 1. The summed E-state index contributed by atoms with van der Waals surface area (Å²) in [5.41, 5.74) is 0. The Hall–Kier alpha value is 0.390. The lowest BCUT2D eigenvalue weighted by atomic mass is 10.2. The van der Waals surface area contributed by atoms with E-state index in [2.05, 4.69) is 13.8 Å². The summed E-state index contributed by atoms with van der Waals surface area (Å²) in [6, 6.07) is 0. The van der Waals surface area contributed by atoms with E-state index >= 15 is 0 Å². The van der Waals surface area contributed by atoms with Crippen LogP contribution in [0.15, 0.2) is 0 Å². The zero-order valence-electron chi connectivity index (χ0n) is 9.89. The minimum atomic E-state index is 0.00294.